The van der Waals surface area contributed by atoms with Crippen molar-refractivity contribution < 1.29 is 22.6 Å². The van der Waals surface area contributed by atoms with E-state index in [1.165, 1.54) is 12.1 Å². The van der Waals surface area contributed by atoms with E-state index in [-0.39, 0.29) is 17.8 Å². The quantitative estimate of drug-likeness (QED) is 0.829. The molecule has 1 heterocycles. The molecule has 2 rings (SSSR count). The topological polar surface area (TPSA) is 18.5 Å². The molecule has 100 valence electrons. The highest BCUT2D eigenvalue weighted by Crippen LogP contribution is 2.37. The minimum absolute atomic E-state index is 0.101. The van der Waals surface area contributed by atoms with Crippen LogP contribution in [0.5, 0.6) is 5.75 Å². The maximum Gasteiger partial charge on any atom is 0.419 e. The number of rotatable bonds is 3. The Kier molecular flexibility index (Phi) is 3.27. The predicted molar refractivity (Wildman–Crippen MR) is 60.6 cm³/mol. The third kappa shape index (κ3) is 2.77. The summed E-state index contributed by atoms with van der Waals surface area (Å²) in [5.74, 6) is -0.101. The molecule has 0 spiro atoms. The molecule has 18 heavy (non-hydrogen) atoms. The van der Waals surface area contributed by atoms with Gasteiger partial charge in [0.05, 0.1) is 25.4 Å². The van der Waals surface area contributed by atoms with Crippen LogP contribution >= 0.6 is 0 Å². The fraction of sp³-hybridized carbons (Fsp3) is 0.538. The van der Waals surface area contributed by atoms with Crippen LogP contribution in [0.2, 0.25) is 0 Å². The van der Waals surface area contributed by atoms with E-state index >= 15 is 0 Å². The van der Waals surface area contributed by atoms with Gasteiger partial charge in [-0.1, -0.05) is 13.0 Å². The van der Waals surface area contributed by atoms with Crippen molar-refractivity contribution >= 4 is 0 Å². The molecule has 1 saturated heterocycles. The van der Waals surface area contributed by atoms with Crippen molar-refractivity contribution in [2.24, 2.45) is 5.41 Å². The molecule has 1 aromatic rings. The molecule has 1 aliphatic heterocycles. The van der Waals surface area contributed by atoms with Gasteiger partial charge in [-0.15, -0.1) is 0 Å². The molecule has 0 saturated carbocycles. The number of ether oxygens (including phenoxy) is 2. The third-order valence-corrected chi connectivity index (χ3v) is 2.92. The lowest BCUT2D eigenvalue weighted by molar-refractivity contribution is -0.142. The minimum Gasteiger partial charge on any atom is -0.492 e. The Morgan fingerprint density at radius 3 is 2.50 bits per heavy atom. The zero-order chi connectivity index (χ0) is 13.4. The van der Waals surface area contributed by atoms with E-state index in [0.717, 1.165) is 11.6 Å². The molecule has 1 aromatic carbocycles. The highest BCUT2D eigenvalue weighted by molar-refractivity contribution is 5.39. The van der Waals surface area contributed by atoms with Crippen molar-refractivity contribution in [3.63, 3.8) is 0 Å². The predicted octanol–water partition coefficient (Wildman–Crippen LogP) is 3.43. The molecule has 1 aliphatic rings. The number of hydrogen-bond donors (Lipinski definition) is 0. The van der Waals surface area contributed by atoms with Gasteiger partial charge >= 0.3 is 6.18 Å². The Hall–Kier alpha value is -1.23. The zero-order valence-electron chi connectivity index (χ0n) is 10.3. The van der Waals surface area contributed by atoms with Gasteiger partial charge in [-0.3, -0.25) is 0 Å². The molecular formula is C13H15F3O2. The SMILES string of the molecule is Cc1ccc(C(F)(F)F)c(OCC2(C)COC2)c1. The summed E-state index contributed by atoms with van der Waals surface area (Å²) in [6.07, 6.45) is -4.39. The molecule has 5 heteroatoms. The van der Waals surface area contributed by atoms with Crippen LogP contribution in [-0.2, 0) is 10.9 Å². The van der Waals surface area contributed by atoms with E-state index in [4.69, 9.17) is 9.47 Å². The molecule has 0 bridgehead atoms. The first-order valence-corrected chi connectivity index (χ1v) is 5.69. The first-order valence-electron chi connectivity index (χ1n) is 5.69. The van der Waals surface area contributed by atoms with Gasteiger partial charge in [-0.2, -0.15) is 13.2 Å². The first-order chi connectivity index (χ1) is 8.30. The Bertz CT molecular complexity index is 436. The van der Waals surface area contributed by atoms with E-state index in [1.54, 1.807) is 6.92 Å². The lowest BCUT2D eigenvalue weighted by Crippen LogP contribution is -2.44. The van der Waals surface area contributed by atoms with E-state index in [2.05, 4.69) is 0 Å². The first kappa shape index (κ1) is 13.2. The van der Waals surface area contributed by atoms with Crippen LogP contribution in [0.4, 0.5) is 13.2 Å². The van der Waals surface area contributed by atoms with Crippen LogP contribution in [0, 0.1) is 12.3 Å². The maximum atomic E-state index is 12.8. The summed E-state index contributed by atoms with van der Waals surface area (Å²) in [7, 11) is 0. The average molecular weight is 260 g/mol. The summed E-state index contributed by atoms with van der Waals surface area (Å²) in [4.78, 5) is 0. The van der Waals surface area contributed by atoms with Gasteiger partial charge < -0.3 is 9.47 Å². The summed E-state index contributed by atoms with van der Waals surface area (Å²) >= 11 is 0. The van der Waals surface area contributed by atoms with E-state index in [9.17, 15) is 13.2 Å². The molecule has 0 aromatic heterocycles. The third-order valence-electron chi connectivity index (χ3n) is 2.92. The Morgan fingerprint density at radius 1 is 1.33 bits per heavy atom. The standard InChI is InChI=1S/C13H15F3O2/c1-9-3-4-10(13(14,15)16)11(5-9)18-8-12(2)6-17-7-12/h3-5H,6-8H2,1-2H3. The summed E-state index contributed by atoms with van der Waals surface area (Å²) in [5.41, 5.74) is -0.156. The average Bonchev–Trinajstić information content (AvgIpc) is 2.22. The van der Waals surface area contributed by atoms with Crippen LogP contribution in [0.1, 0.15) is 18.1 Å². The largest absolute Gasteiger partial charge is 0.492 e. The van der Waals surface area contributed by atoms with Gasteiger partial charge in [0.15, 0.2) is 0 Å². The lowest BCUT2D eigenvalue weighted by Gasteiger charge is -2.37. The molecule has 2 nitrogen and oxygen atoms in total. The summed E-state index contributed by atoms with van der Waals surface area (Å²) in [5, 5.41) is 0. The molecule has 0 amide bonds. The molecule has 0 radical (unpaired) electrons. The van der Waals surface area contributed by atoms with Gasteiger partial charge in [0.25, 0.3) is 0 Å². The summed E-state index contributed by atoms with van der Waals surface area (Å²) in [6, 6.07) is 3.92. The Labute approximate surface area is 104 Å². The smallest absolute Gasteiger partial charge is 0.419 e. The second-order valence-electron chi connectivity index (χ2n) is 5.09. The number of alkyl halides is 3. The zero-order valence-corrected chi connectivity index (χ0v) is 10.3. The van der Waals surface area contributed by atoms with Crippen molar-refractivity contribution in [3.05, 3.63) is 29.3 Å². The van der Waals surface area contributed by atoms with E-state index in [0.29, 0.717) is 13.2 Å². The molecular weight excluding hydrogens is 245 g/mol. The highest BCUT2D eigenvalue weighted by atomic mass is 19.4. The fourth-order valence-electron chi connectivity index (χ4n) is 1.77. The number of benzene rings is 1. The van der Waals surface area contributed by atoms with Crippen molar-refractivity contribution in [2.75, 3.05) is 19.8 Å². The monoisotopic (exact) mass is 260 g/mol. The van der Waals surface area contributed by atoms with E-state index in [1.807, 2.05) is 6.92 Å². The van der Waals surface area contributed by atoms with Gasteiger partial charge in [0.1, 0.15) is 5.75 Å². The van der Waals surface area contributed by atoms with Crippen molar-refractivity contribution in [1.82, 2.24) is 0 Å². The van der Waals surface area contributed by atoms with Gasteiger partial charge in [-0.05, 0) is 24.6 Å². The van der Waals surface area contributed by atoms with E-state index < -0.39 is 11.7 Å². The number of aryl methyl sites for hydroxylation is 1. The second-order valence-corrected chi connectivity index (χ2v) is 5.09. The van der Waals surface area contributed by atoms with Crippen LogP contribution in [0.3, 0.4) is 0 Å². The maximum absolute atomic E-state index is 12.8. The van der Waals surface area contributed by atoms with Crippen LogP contribution in [0.25, 0.3) is 0 Å². The normalized spacial score (nSPS) is 18.3. The highest BCUT2D eigenvalue weighted by Gasteiger charge is 2.37. The molecule has 1 fully saturated rings. The van der Waals surface area contributed by atoms with Crippen LogP contribution in [0.15, 0.2) is 18.2 Å². The second kappa shape index (κ2) is 4.46. The molecule has 0 atom stereocenters. The fourth-order valence-corrected chi connectivity index (χ4v) is 1.77. The number of halogens is 3. The number of hydrogen-bond acceptors (Lipinski definition) is 2. The Morgan fingerprint density at radius 2 is 2.00 bits per heavy atom. The van der Waals surface area contributed by atoms with Crippen molar-refractivity contribution in [3.8, 4) is 5.75 Å². The van der Waals surface area contributed by atoms with Gasteiger partial charge in [0, 0.05) is 5.41 Å². The summed E-state index contributed by atoms with van der Waals surface area (Å²) in [6.45, 7) is 4.96. The molecule has 0 unspecified atom stereocenters. The lowest BCUT2D eigenvalue weighted by atomic mass is 9.90. The Balaban J connectivity index is 2.17. The van der Waals surface area contributed by atoms with Gasteiger partial charge in [0.2, 0.25) is 0 Å². The van der Waals surface area contributed by atoms with Crippen LogP contribution in [-0.4, -0.2) is 19.8 Å². The van der Waals surface area contributed by atoms with Gasteiger partial charge in [-0.25, -0.2) is 0 Å². The van der Waals surface area contributed by atoms with Crippen molar-refractivity contribution in [1.29, 1.82) is 0 Å². The minimum atomic E-state index is -4.39. The molecule has 0 aliphatic carbocycles. The molecule has 0 N–H and O–H groups in total. The summed E-state index contributed by atoms with van der Waals surface area (Å²) < 4.78 is 48.8. The van der Waals surface area contributed by atoms with Crippen LogP contribution < -0.4 is 4.74 Å². The van der Waals surface area contributed by atoms with Crippen molar-refractivity contribution in [2.45, 2.75) is 20.0 Å².